The highest BCUT2D eigenvalue weighted by atomic mass is 16.6. The molecule has 1 heterocycles. The minimum Gasteiger partial charge on any atom is -0.495 e. The van der Waals surface area contributed by atoms with Gasteiger partial charge in [-0.05, 0) is 12.1 Å². The number of benzene rings is 1. The van der Waals surface area contributed by atoms with Crippen LogP contribution in [0.1, 0.15) is 10.4 Å². The second-order valence-electron chi connectivity index (χ2n) is 3.49. The lowest BCUT2D eigenvalue weighted by atomic mass is 10.1. The van der Waals surface area contributed by atoms with E-state index in [2.05, 4.69) is 0 Å². The lowest BCUT2D eigenvalue weighted by molar-refractivity contribution is -0.103. The van der Waals surface area contributed by atoms with Crippen molar-refractivity contribution in [3.8, 4) is 5.75 Å². The van der Waals surface area contributed by atoms with Crippen molar-refractivity contribution in [2.75, 3.05) is 26.1 Å². The maximum absolute atomic E-state index is 11.7. The molecule has 0 aliphatic carbocycles. The van der Waals surface area contributed by atoms with Gasteiger partial charge in [-0.2, -0.15) is 0 Å². The third-order valence-corrected chi connectivity index (χ3v) is 2.39. The number of hydrogen-bond acceptors (Lipinski definition) is 5. The molecule has 5 nitrogen and oxygen atoms in total. The molecule has 0 spiro atoms. The van der Waals surface area contributed by atoms with E-state index in [1.54, 1.807) is 18.2 Å². The van der Waals surface area contributed by atoms with Gasteiger partial charge in [0.15, 0.2) is 0 Å². The van der Waals surface area contributed by atoms with Gasteiger partial charge in [-0.15, -0.1) is 0 Å². The molecule has 16 heavy (non-hydrogen) atoms. The monoisotopic (exact) mass is 223 g/mol. The van der Waals surface area contributed by atoms with Crippen LogP contribution in [0, 0.1) is 0 Å². The molecule has 1 fully saturated rings. The number of anilines is 1. The summed E-state index contributed by atoms with van der Waals surface area (Å²) in [5.41, 5.74) is 6.40. The Kier molecular flexibility index (Phi) is 2.96. The van der Waals surface area contributed by atoms with Crippen LogP contribution in [-0.4, -0.2) is 32.4 Å². The van der Waals surface area contributed by atoms with Crippen LogP contribution in [0.3, 0.4) is 0 Å². The van der Waals surface area contributed by atoms with E-state index in [9.17, 15) is 4.79 Å². The van der Waals surface area contributed by atoms with E-state index >= 15 is 0 Å². The SMILES string of the molecule is COc1cccc(C(=O)OC2COC2)c1N. The Morgan fingerprint density at radius 2 is 2.25 bits per heavy atom. The molecule has 1 aromatic carbocycles. The molecule has 2 N–H and O–H groups in total. The van der Waals surface area contributed by atoms with Crippen molar-refractivity contribution in [2.45, 2.75) is 6.10 Å². The van der Waals surface area contributed by atoms with Gasteiger partial charge >= 0.3 is 5.97 Å². The van der Waals surface area contributed by atoms with Crippen molar-refractivity contribution in [1.29, 1.82) is 0 Å². The molecule has 1 saturated heterocycles. The molecule has 2 rings (SSSR count). The predicted octanol–water partition coefficient (Wildman–Crippen LogP) is 0.833. The van der Waals surface area contributed by atoms with Crippen LogP contribution < -0.4 is 10.5 Å². The van der Waals surface area contributed by atoms with E-state index in [0.717, 1.165) is 0 Å². The Morgan fingerprint density at radius 3 is 2.81 bits per heavy atom. The Morgan fingerprint density at radius 1 is 1.50 bits per heavy atom. The van der Waals surface area contributed by atoms with Gasteiger partial charge in [0.05, 0.1) is 31.6 Å². The van der Waals surface area contributed by atoms with Crippen LogP contribution >= 0.6 is 0 Å². The second-order valence-corrected chi connectivity index (χ2v) is 3.49. The average Bonchev–Trinajstić information content (AvgIpc) is 2.23. The summed E-state index contributed by atoms with van der Waals surface area (Å²) in [5, 5.41) is 0. The molecule has 1 aliphatic heterocycles. The largest absolute Gasteiger partial charge is 0.495 e. The number of nitrogen functional groups attached to an aromatic ring is 1. The molecule has 1 aromatic rings. The Bertz CT molecular complexity index is 401. The first-order valence-corrected chi connectivity index (χ1v) is 4.93. The summed E-state index contributed by atoms with van der Waals surface area (Å²) in [6.45, 7) is 0.908. The third kappa shape index (κ3) is 1.94. The molecule has 0 radical (unpaired) electrons. The van der Waals surface area contributed by atoms with Gasteiger partial charge in [0.25, 0.3) is 0 Å². The van der Waals surface area contributed by atoms with Gasteiger partial charge in [0.1, 0.15) is 11.9 Å². The van der Waals surface area contributed by atoms with E-state index in [0.29, 0.717) is 30.2 Å². The Balaban J connectivity index is 2.15. The third-order valence-electron chi connectivity index (χ3n) is 2.39. The summed E-state index contributed by atoms with van der Waals surface area (Å²) in [6.07, 6.45) is -0.155. The number of nitrogens with two attached hydrogens (primary N) is 1. The first-order chi connectivity index (χ1) is 7.72. The fraction of sp³-hybridized carbons (Fsp3) is 0.364. The second kappa shape index (κ2) is 4.40. The molecule has 86 valence electrons. The van der Waals surface area contributed by atoms with Crippen molar-refractivity contribution in [1.82, 2.24) is 0 Å². The zero-order valence-electron chi connectivity index (χ0n) is 8.93. The topological polar surface area (TPSA) is 70.8 Å². The number of hydrogen-bond donors (Lipinski definition) is 1. The van der Waals surface area contributed by atoms with Gasteiger partial charge in [-0.3, -0.25) is 0 Å². The van der Waals surface area contributed by atoms with E-state index in [-0.39, 0.29) is 6.10 Å². The number of carbonyl (C=O) groups excluding carboxylic acids is 1. The van der Waals surface area contributed by atoms with Gasteiger partial charge in [0, 0.05) is 0 Å². The Hall–Kier alpha value is -1.75. The average molecular weight is 223 g/mol. The summed E-state index contributed by atoms with van der Waals surface area (Å²) in [5.74, 6) is 0.0315. The molecule has 0 saturated carbocycles. The molecule has 0 unspecified atom stereocenters. The molecular weight excluding hydrogens is 210 g/mol. The zero-order chi connectivity index (χ0) is 11.5. The normalized spacial score (nSPS) is 15.3. The van der Waals surface area contributed by atoms with Crippen LogP contribution in [0.25, 0.3) is 0 Å². The molecule has 1 aliphatic rings. The lowest BCUT2D eigenvalue weighted by Gasteiger charge is -2.25. The smallest absolute Gasteiger partial charge is 0.340 e. The summed E-state index contributed by atoms with van der Waals surface area (Å²) in [4.78, 5) is 11.7. The fourth-order valence-corrected chi connectivity index (χ4v) is 1.40. The molecule has 0 atom stereocenters. The van der Waals surface area contributed by atoms with Crippen LogP contribution in [-0.2, 0) is 9.47 Å². The number of esters is 1. The van der Waals surface area contributed by atoms with Crippen molar-refractivity contribution in [2.24, 2.45) is 0 Å². The molecule has 0 amide bonds. The maximum Gasteiger partial charge on any atom is 0.340 e. The van der Waals surface area contributed by atoms with Crippen molar-refractivity contribution >= 4 is 11.7 Å². The Labute approximate surface area is 93.1 Å². The number of methoxy groups -OCH3 is 1. The van der Waals surface area contributed by atoms with Gasteiger partial charge < -0.3 is 19.9 Å². The first kappa shape index (κ1) is 10.8. The van der Waals surface area contributed by atoms with Crippen LogP contribution in [0.4, 0.5) is 5.69 Å². The van der Waals surface area contributed by atoms with E-state index in [1.807, 2.05) is 0 Å². The van der Waals surface area contributed by atoms with Crippen molar-refractivity contribution in [3.05, 3.63) is 23.8 Å². The van der Waals surface area contributed by atoms with Gasteiger partial charge in [-0.1, -0.05) is 6.07 Å². The minimum absolute atomic E-state index is 0.155. The highest BCUT2D eigenvalue weighted by Crippen LogP contribution is 2.25. The number of para-hydroxylation sites is 1. The summed E-state index contributed by atoms with van der Waals surface area (Å²) < 4.78 is 15.1. The van der Waals surface area contributed by atoms with E-state index in [1.165, 1.54) is 7.11 Å². The molecule has 5 heteroatoms. The highest BCUT2D eigenvalue weighted by molar-refractivity contribution is 5.96. The van der Waals surface area contributed by atoms with Crippen molar-refractivity contribution < 1.29 is 19.0 Å². The molecular formula is C11H13NO4. The fourth-order valence-electron chi connectivity index (χ4n) is 1.40. The first-order valence-electron chi connectivity index (χ1n) is 4.93. The van der Waals surface area contributed by atoms with Crippen LogP contribution in [0.15, 0.2) is 18.2 Å². The van der Waals surface area contributed by atoms with Crippen LogP contribution in [0.5, 0.6) is 5.75 Å². The van der Waals surface area contributed by atoms with Gasteiger partial charge in [-0.25, -0.2) is 4.79 Å². The highest BCUT2D eigenvalue weighted by Gasteiger charge is 2.24. The van der Waals surface area contributed by atoms with E-state index in [4.69, 9.17) is 19.9 Å². The van der Waals surface area contributed by atoms with Crippen LogP contribution in [0.2, 0.25) is 0 Å². The summed E-state index contributed by atoms with van der Waals surface area (Å²) in [6, 6.07) is 5.00. The zero-order valence-corrected chi connectivity index (χ0v) is 8.93. The predicted molar refractivity (Wildman–Crippen MR) is 57.4 cm³/mol. The number of carbonyl (C=O) groups is 1. The summed E-state index contributed by atoms with van der Waals surface area (Å²) in [7, 11) is 1.50. The summed E-state index contributed by atoms with van der Waals surface area (Å²) >= 11 is 0. The number of ether oxygens (including phenoxy) is 3. The standard InChI is InChI=1S/C11H13NO4/c1-14-9-4-2-3-8(10(9)12)11(13)16-7-5-15-6-7/h2-4,7H,5-6,12H2,1H3. The quantitative estimate of drug-likeness (QED) is 0.607. The lowest BCUT2D eigenvalue weighted by Crippen LogP contribution is -2.37. The van der Waals surface area contributed by atoms with Gasteiger partial charge in [0.2, 0.25) is 0 Å². The minimum atomic E-state index is -0.440. The number of rotatable bonds is 3. The molecule has 0 bridgehead atoms. The maximum atomic E-state index is 11.7. The molecule has 0 aromatic heterocycles. The van der Waals surface area contributed by atoms with E-state index < -0.39 is 5.97 Å². The van der Waals surface area contributed by atoms with Crippen molar-refractivity contribution in [3.63, 3.8) is 0 Å².